The van der Waals surface area contributed by atoms with Gasteiger partial charge in [0.25, 0.3) is 0 Å². The Morgan fingerprint density at radius 3 is 2.68 bits per heavy atom. The smallest absolute Gasteiger partial charge is 0.239 e. The summed E-state index contributed by atoms with van der Waals surface area (Å²) in [6.45, 7) is 6.80. The lowest BCUT2D eigenvalue weighted by atomic mass is 10.1. The number of hydrogen-bond donors (Lipinski definition) is 1. The molecule has 156 valence electrons. The Bertz CT molecular complexity index is 726. The minimum absolute atomic E-state index is 0. The highest BCUT2D eigenvalue weighted by atomic mass is 35.5. The number of nitrogens with zero attached hydrogens (tertiary/aromatic N) is 3. The molecule has 1 aromatic heterocycles. The van der Waals surface area contributed by atoms with E-state index in [1.54, 1.807) is 0 Å². The van der Waals surface area contributed by atoms with Crippen molar-refractivity contribution in [1.29, 1.82) is 0 Å². The van der Waals surface area contributed by atoms with Crippen molar-refractivity contribution in [2.24, 2.45) is 11.7 Å². The first kappa shape index (κ1) is 24.8. The zero-order valence-electron chi connectivity index (χ0n) is 16.4. The van der Waals surface area contributed by atoms with Crippen LogP contribution in [0.2, 0.25) is 0 Å². The lowest BCUT2D eigenvalue weighted by Crippen LogP contribution is -2.50. The van der Waals surface area contributed by atoms with E-state index in [1.165, 1.54) is 5.56 Å². The van der Waals surface area contributed by atoms with E-state index < -0.39 is 6.04 Å². The largest absolute Gasteiger partial charge is 0.339 e. The van der Waals surface area contributed by atoms with Crippen molar-refractivity contribution in [2.45, 2.75) is 38.1 Å². The lowest BCUT2D eigenvalue weighted by Gasteiger charge is -2.35. The second kappa shape index (κ2) is 11.7. The van der Waals surface area contributed by atoms with Crippen molar-refractivity contribution in [3.05, 3.63) is 54.1 Å². The summed E-state index contributed by atoms with van der Waals surface area (Å²) < 4.78 is 2.04. The zero-order valence-corrected chi connectivity index (χ0v) is 18.8. The number of amides is 1. The van der Waals surface area contributed by atoms with E-state index in [9.17, 15) is 4.79 Å². The molecule has 1 saturated heterocycles. The van der Waals surface area contributed by atoms with E-state index in [-0.39, 0.29) is 30.7 Å². The van der Waals surface area contributed by atoms with Crippen molar-refractivity contribution in [3.63, 3.8) is 0 Å². The highest BCUT2D eigenvalue weighted by Gasteiger charge is 2.29. The van der Waals surface area contributed by atoms with Gasteiger partial charge in [0, 0.05) is 43.3 Å². The van der Waals surface area contributed by atoms with Gasteiger partial charge in [-0.3, -0.25) is 4.79 Å². The molecular weight excluding hydrogens is 415 g/mol. The highest BCUT2D eigenvalue weighted by molar-refractivity contribution is 8.00. The monoisotopic (exact) mass is 444 g/mol. The average Bonchev–Trinajstić information content (AvgIpc) is 3.08. The molecule has 0 aliphatic carbocycles. The molecule has 0 radical (unpaired) electrons. The summed E-state index contributed by atoms with van der Waals surface area (Å²) in [4.78, 5) is 19.1. The molecule has 2 heterocycles. The van der Waals surface area contributed by atoms with Gasteiger partial charge in [-0.1, -0.05) is 44.2 Å². The number of carbonyl (C=O) groups is 1. The normalized spacial score (nSPS) is 17.6. The fraction of sp³-hybridized carbons (Fsp3) is 0.500. The molecule has 28 heavy (non-hydrogen) atoms. The van der Waals surface area contributed by atoms with Crippen LogP contribution in [-0.2, 0) is 17.8 Å². The molecule has 2 atom stereocenters. The summed E-state index contributed by atoms with van der Waals surface area (Å²) in [6, 6.07) is 9.73. The third-order valence-corrected chi connectivity index (χ3v) is 6.33. The topological polar surface area (TPSA) is 64.2 Å². The summed E-state index contributed by atoms with van der Waals surface area (Å²) in [6.07, 6.45) is 4.28. The summed E-state index contributed by atoms with van der Waals surface area (Å²) in [7, 11) is 0. The van der Waals surface area contributed by atoms with E-state index in [0.29, 0.717) is 17.6 Å². The fourth-order valence-corrected chi connectivity index (χ4v) is 4.52. The first-order valence-corrected chi connectivity index (χ1v) is 10.3. The summed E-state index contributed by atoms with van der Waals surface area (Å²) >= 11 is 1.96. The molecule has 3 rings (SSSR count). The zero-order chi connectivity index (χ0) is 18.5. The van der Waals surface area contributed by atoms with Crippen LogP contribution in [0.25, 0.3) is 0 Å². The van der Waals surface area contributed by atoms with Gasteiger partial charge in [-0.2, -0.15) is 11.8 Å². The predicted molar refractivity (Wildman–Crippen MR) is 122 cm³/mol. The van der Waals surface area contributed by atoms with E-state index >= 15 is 0 Å². The van der Waals surface area contributed by atoms with Gasteiger partial charge >= 0.3 is 0 Å². The molecule has 1 amide bonds. The minimum atomic E-state index is -0.522. The second-order valence-corrected chi connectivity index (χ2v) is 8.62. The van der Waals surface area contributed by atoms with Crippen molar-refractivity contribution < 1.29 is 4.79 Å². The van der Waals surface area contributed by atoms with E-state index in [0.717, 1.165) is 31.1 Å². The van der Waals surface area contributed by atoms with Crippen LogP contribution in [-0.4, -0.2) is 50.5 Å². The molecule has 1 aliphatic heterocycles. The molecule has 0 bridgehead atoms. The molecule has 1 unspecified atom stereocenters. The van der Waals surface area contributed by atoms with E-state index in [2.05, 4.69) is 31.0 Å². The number of carbonyl (C=O) groups excluding carboxylic acids is 1. The number of imidazole rings is 1. The number of benzene rings is 1. The van der Waals surface area contributed by atoms with Crippen LogP contribution in [0, 0.1) is 5.92 Å². The SMILES string of the molecule is CC(C)C1CN(C(=O)[C@@H](N)Cc2cn(Cc3ccccc3)cn2)CCS1.Cl.Cl. The van der Waals surface area contributed by atoms with E-state index in [1.807, 2.05) is 52.0 Å². The number of thioether (sulfide) groups is 1. The third-order valence-electron chi connectivity index (χ3n) is 4.79. The Balaban J connectivity index is 0.00000196. The third kappa shape index (κ3) is 6.69. The molecule has 5 nitrogen and oxygen atoms in total. The van der Waals surface area contributed by atoms with Crippen molar-refractivity contribution in [3.8, 4) is 0 Å². The van der Waals surface area contributed by atoms with Gasteiger partial charge in [-0.25, -0.2) is 4.98 Å². The molecule has 1 fully saturated rings. The number of aromatic nitrogens is 2. The first-order valence-electron chi connectivity index (χ1n) is 9.23. The Morgan fingerprint density at radius 1 is 1.29 bits per heavy atom. The molecule has 1 aliphatic rings. The Labute approximate surface area is 184 Å². The predicted octanol–water partition coefficient (Wildman–Crippen LogP) is 3.24. The molecule has 8 heteroatoms. The van der Waals surface area contributed by atoms with E-state index in [4.69, 9.17) is 5.73 Å². The number of rotatable bonds is 6. The van der Waals surface area contributed by atoms with Crippen molar-refractivity contribution in [2.75, 3.05) is 18.8 Å². The van der Waals surface area contributed by atoms with Crippen LogP contribution in [0.1, 0.15) is 25.1 Å². The summed E-state index contributed by atoms with van der Waals surface area (Å²) in [5.74, 6) is 1.61. The molecule has 1 aromatic carbocycles. The van der Waals surface area contributed by atoms with Crippen LogP contribution < -0.4 is 5.73 Å². The van der Waals surface area contributed by atoms with Crippen LogP contribution in [0.5, 0.6) is 0 Å². The van der Waals surface area contributed by atoms with Gasteiger partial charge in [-0.05, 0) is 11.5 Å². The van der Waals surface area contributed by atoms with Crippen LogP contribution >= 0.6 is 36.6 Å². The summed E-state index contributed by atoms with van der Waals surface area (Å²) in [5, 5.41) is 0.505. The quantitative estimate of drug-likeness (QED) is 0.742. The van der Waals surface area contributed by atoms with Gasteiger partial charge < -0.3 is 15.2 Å². The van der Waals surface area contributed by atoms with Crippen LogP contribution in [0.3, 0.4) is 0 Å². The average molecular weight is 445 g/mol. The van der Waals surface area contributed by atoms with Gasteiger partial charge in [-0.15, -0.1) is 24.8 Å². The maximum atomic E-state index is 12.7. The van der Waals surface area contributed by atoms with Gasteiger partial charge in [0.15, 0.2) is 0 Å². The fourth-order valence-electron chi connectivity index (χ4n) is 3.22. The Hall–Kier alpha value is -1.21. The molecular formula is C20H30Cl2N4OS. The molecule has 0 spiro atoms. The summed E-state index contributed by atoms with van der Waals surface area (Å²) in [5.41, 5.74) is 8.31. The van der Waals surface area contributed by atoms with Gasteiger partial charge in [0.2, 0.25) is 5.91 Å². The minimum Gasteiger partial charge on any atom is -0.339 e. The maximum absolute atomic E-state index is 12.7. The number of nitrogens with two attached hydrogens (primary N) is 1. The number of hydrogen-bond acceptors (Lipinski definition) is 4. The Kier molecular flexibility index (Phi) is 10.4. The van der Waals surface area contributed by atoms with Crippen molar-refractivity contribution in [1.82, 2.24) is 14.5 Å². The van der Waals surface area contributed by atoms with Gasteiger partial charge in [0.05, 0.1) is 18.1 Å². The Morgan fingerprint density at radius 2 is 2.00 bits per heavy atom. The first-order chi connectivity index (χ1) is 12.5. The lowest BCUT2D eigenvalue weighted by molar-refractivity contribution is -0.132. The van der Waals surface area contributed by atoms with Crippen LogP contribution in [0.4, 0.5) is 0 Å². The maximum Gasteiger partial charge on any atom is 0.239 e. The van der Waals surface area contributed by atoms with Gasteiger partial charge in [0.1, 0.15) is 0 Å². The van der Waals surface area contributed by atoms with Crippen LogP contribution in [0.15, 0.2) is 42.9 Å². The highest BCUT2D eigenvalue weighted by Crippen LogP contribution is 2.25. The second-order valence-electron chi connectivity index (χ2n) is 7.27. The molecule has 0 saturated carbocycles. The standard InChI is InChI=1S/C20H28N4OS.2ClH/c1-15(2)19-13-24(8-9-26-19)20(25)18(21)10-17-12-23(14-22-17)11-16-6-4-3-5-7-16;;/h3-7,12,14-15,18-19H,8-11,13,21H2,1-2H3;2*1H/t18-,19?;;/m0../s1. The number of halogens is 2. The molecule has 2 N–H and O–H groups in total. The molecule has 2 aromatic rings. The van der Waals surface area contributed by atoms with Crippen molar-refractivity contribution >= 4 is 42.5 Å².